The van der Waals surface area contributed by atoms with Crippen molar-refractivity contribution in [2.75, 3.05) is 19.8 Å². The molecule has 0 aromatic heterocycles. The third-order valence-corrected chi connectivity index (χ3v) is 7.13. The SMILES string of the molecule is C=CCOC(=O)NCCCC[C@H](NN[C@@](C(=O)O)(C(=O)OCC1c2ccccc2-c2ccccc21)C(C)C)C(=O)O. The van der Waals surface area contributed by atoms with E-state index < -0.39 is 41.5 Å². The minimum absolute atomic E-state index is 0.0768. The van der Waals surface area contributed by atoms with E-state index in [4.69, 9.17) is 9.47 Å². The molecular weight excluding hydrogens is 530 g/mol. The Kier molecular flexibility index (Phi) is 11.0. The van der Waals surface area contributed by atoms with Crippen LogP contribution in [0.1, 0.15) is 50.2 Å². The van der Waals surface area contributed by atoms with Gasteiger partial charge < -0.3 is 25.0 Å². The summed E-state index contributed by atoms with van der Waals surface area (Å²) in [5, 5.41) is 22.4. The van der Waals surface area contributed by atoms with Crippen LogP contribution in [-0.4, -0.2) is 65.6 Å². The number of carbonyl (C=O) groups is 4. The third kappa shape index (κ3) is 7.30. The molecule has 1 aliphatic carbocycles. The summed E-state index contributed by atoms with van der Waals surface area (Å²) in [6.45, 7) is 6.79. The van der Waals surface area contributed by atoms with Gasteiger partial charge in [-0.15, -0.1) is 0 Å². The molecule has 0 bridgehead atoms. The summed E-state index contributed by atoms with van der Waals surface area (Å²) < 4.78 is 10.5. The monoisotopic (exact) mass is 567 g/mol. The van der Waals surface area contributed by atoms with Gasteiger partial charge in [-0.2, -0.15) is 0 Å². The second-order valence-corrected chi connectivity index (χ2v) is 10.1. The smallest absolute Gasteiger partial charge is 0.407 e. The molecule has 5 N–H and O–H groups in total. The van der Waals surface area contributed by atoms with E-state index >= 15 is 0 Å². The first-order valence-corrected chi connectivity index (χ1v) is 13.5. The van der Waals surface area contributed by atoms with E-state index in [1.54, 1.807) is 0 Å². The number of amides is 1. The average Bonchev–Trinajstić information content (AvgIpc) is 3.26. The molecule has 0 aliphatic heterocycles. The molecule has 2 aromatic rings. The van der Waals surface area contributed by atoms with Crippen LogP contribution in [0.5, 0.6) is 0 Å². The summed E-state index contributed by atoms with van der Waals surface area (Å²) in [7, 11) is 0. The van der Waals surface area contributed by atoms with Crippen LogP contribution in [0.25, 0.3) is 11.1 Å². The number of carbonyl (C=O) groups excluding carboxylic acids is 2. The number of alkyl carbamates (subject to hydrolysis) is 1. The van der Waals surface area contributed by atoms with Crippen molar-refractivity contribution in [1.29, 1.82) is 0 Å². The lowest BCUT2D eigenvalue weighted by atomic mass is 9.87. The van der Waals surface area contributed by atoms with Gasteiger partial charge >= 0.3 is 24.0 Å². The normalized spacial score (nSPS) is 14.3. The van der Waals surface area contributed by atoms with Crippen molar-refractivity contribution in [1.82, 2.24) is 16.2 Å². The molecule has 0 spiro atoms. The number of hydrogen-bond donors (Lipinski definition) is 5. The number of hydrogen-bond acceptors (Lipinski definition) is 8. The highest BCUT2D eigenvalue weighted by atomic mass is 16.5. The lowest BCUT2D eigenvalue weighted by Gasteiger charge is -2.33. The van der Waals surface area contributed by atoms with Crippen LogP contribution >= 0.6 is 0 Å². The number of aliphatic carboxylic acids is 2. The summed E-state index contributed by atoms with van der Waals surface area (Å²) in [6.07, 6.45) is 1.78. The number of carboxylic acids is 2. The Morgan fingerprint density at radius 1 is 0.976 bits per heavy atom. The molecule has 2 aromatic carbocycles. The summed E-state index contributed by atoms with van der Waals surface area (Å²) in [5.41, 5.74) is 6.82. The fourth-order valence-electron chi connectivity index (χ4n) is 4.84. The van der Waals surface area contributed by atoms with Gasteiger partial charge in [0, 0.05) is 12.5 Å². The average molecular weight is 568 g/mol. The van der Waals surface area contributed by atoms with Crippen molar-refractivity contribution in [2.24, 2.45) is 5.92 Å². The predicted molar refractivity (Wildman–Crippen MR) is 151 cm³/mol. The topological polar surface area (TPSA) is 163 Å². The van der Waals surface area contributed by atoms with E-state index in [-0.39, 0.29) is 32.1 Å². The number of benzene rings is 2. The molecule has 2 atom stereocenters. The van der Waals surface area contributed by atoms with Gasteiger partial charge in [0.15, 0.2) is 0 Å². The van der Waals surface area contributed by atoms with Gasteiger partial charge in [-0.3, -0.25) is 4.79 Å². The number of ether oxygens (including phenoxy) is 2. The van der Waals surface area contributed by atoms with Gasteiger partial charge in [-0.1, -0.05) is 75.0 Å². The van der Waals surface area contributed by atoms with E-state index in [9.17, 15) is 29.4 Å². The number of unbranched alkanes of at least 4 members (excludes halogenated alkanes) is 1. The van der Waals surface area contributed by atoms with Crippen LogP contribution in [-0.2, 0) is 23.9 Å². The molecule has 220 valence electrons. The number of hydrazine groups is 1. The second kappa shape index (κ2) is 14.4. The van der Waals surface area contributed by atoms with Crippen LogP contribution in [0.15, 0.2) is 61.2 Å². The minimum Gasteiger partial charge on any atom is -0.480 e. The van der Waals surface area contributed by atoms with Crippen LogP contribution < -0.4 is 16.2 Å². The van der Waals surface area contributed by atoms with Crippen LogP contribution in [0, 0.1) is 5.92 Å². The highest BCUT2D eigenvalue weighted by Crippen LogP contribution is 2.44. The summed E-state index contributed by atoms with van der Waals surface area (Å²) in [6, 6.07) is 14.4. The minimum atomic E-state index is -2.25. The Morgan fingerprint density at radius 3 is 2.12 bits per heavy atom. The number of fused-ring (bicyclic) bond motifs is 3. The van der Waals surface area contributed by atoms with Gasteiger partial charge in [-0.25, -0.2) is 25.2 Å². The first-order valence-electron chi connectivity index (χ1n) is 13.5. The molecule has 0 fully saturated rings. The van der Waals surface area contributed by atoms with Crippen molar-refractivity contribution in [3.05, 3.63) is 72.3 Å². The van der Waals surface area contributed by atoms with Crippen molar-refractivity contribution < 1.29 is 38.9 Å². The molecule has 0 saturated heterocycles. The zero-order chi connectivity index (χ0) is 30.0. The highest BCUT2D eigenvalue weighted by molar-refractivity contribution is 6.04. The van der Waals surface area contributed by atoms with Gasteiger partial charge in [0.2, 0.25) is 5.54 Å². The van der Waals surface area contributed by atoms with Crippen molar-refractivity contribution >= 4 is 24.0 Å². The molecule has 1 aliphatic rings. The summed E-state index contributed by atoms with van der Waals surface area (Å²) in [4.78, 5) is 49.3. The Bertz CT molecular complexity index is 1220. The van der Waals surface area contributed by atoms with Crippen molar-refractivity contribution in [3.8, 4) is 11.1 Å². The zero-order valence-electron chi connectivity index (χ0n) is 23.2. The first-order chi connectivity index (χ1) is 19.6. The van der Waals surface area contributed by atoms with Gasteiger partial charge in [0.1, 0.15) is 19.3 Å². The third-order valence-electron chi connectivity index (χ3n) is 7.13. The molecule has 0 unspecified atom stereocenters. The molecule has 41 heavy (non-hydrogen) atoms. The second-order valence-electron chi connectivity index (χ2n) is 10.1. The molecule has 0 radical (unpaired) electrons. The molecular formula is C30H37N3O8. The fourth-order valence-corrected chi connectivity index (χ4v) is 4.84. The maximum atomic E-state index is 13.4. The largest absolute Gasteiger partial charge is 0.480 e. The van der Waals surface area contributed by atoms with E-state index in [1.807, 2.05) is 48.5 Å². The maximum absolute atomic E-state index is 13.4. The molecule has 1 amide bonds. The standard InChI is InChI=1S/C30H37N3O8/c1-4-17-40-29(39)31-16-10-9-15-25(26(34)35)32-33-30(19(2)3,27(36)37)28(38)41-18-24-22-13-7-5-11-20(22)21-12-6-8-14-23(21)24/h4-8,11-14,19,24-25,32-33H,1,9-10,15-18H2,2-3H3,(H,31,39)(H,34,35)(H,36,37)/t25-,30-/m0/s1. The van der Waals surface area contributed by atoms with E-state index in [2.05, 4.69) is 22.7 Å². The van der Waals surface area contributed by atoms with E-state index in [1.165, 1.54) is 19.9 Å². The Labute approximate surface area is 238 Å². The molecule has 11 nitrogen and oxygen atoms in total. The molecule has 11 heteroatoms. The van der Waals surface area contributed by atoms with Crippen LogP contribution in [0.3, 0.4) is 0 Å². The summed E-state index contributed by atoms with van der Waals surface area (Å²) >= 11 is 0. The Morgan fingerprint density at radius 2 is 1.59 bits per heavy atom. The van der Waals surface area contributed by atoms with Gasteiger partial charge in [0.05, 0.1) is 0 Å². The van der Waals surface area contributed by atoms with Crippen LogP contribution in [0.2, 0.25) is 0 Å². The molecule has 0 saturated carbocycles. The number of carboxylic acid groups (broad SMARTS) is 2. The maximum Gasteiger partial charge on any atom is 0.407 e. The summed E-state index contributed by atoms with van der Waals surface area (Å²) in [5.74, 6) is -4.83. The highest BCUT2D eigenvalue weighted by Gasteiger charge is 2.51. The van der Waals surface area contributed by atoms with Crippen LogP contribution in [0.4, 0.5) is 4.79 Å². The fraction of sp³-hybridized carbons (Fsp3) is 0.400. The van der Waals surface area contributed by atoms with Gasteiger partial charge in [0.25, 0.3) is 0 Å². The Balaban J connectivity index is 1.65. The Hall–Kier alpha value is -4.22. The van der Waals surface area contributed by atoms with Crippen molar-refractivity contribution in [3.63, 3.8) is 0 Å². The lowest BCUT2D eigenvalue weighted by Crippen LogP contribution is -2.68. The van der Waals surface area contributed by atoms with E-state index in [0.717, 1.165) is 22.3 Å². The quantitative estimate of drug-likeness (QED) is 0.0667. The number of rotatable bonds is 16. The number of nitrogens with one attached hydrogen (secondary N) is 3. The molecule has 0 heterocycles. The zero-order valence-corrected chi connectivity index (χ0v) is 23.2. The first kappa shape index (κ1) is 31.3. The number of esters is 1. The van der Waals surface area contributed by atoms with Crippen molar-refractivity contribution in [2.45, 2.75) is 50.6 Å². The predicted octanol–water partition coefficient (Wildman–Crippen LogP) is 3.45. The lowest BCUT2D eigenvalue weighted by molar-refractivity contribution is -0.168. The van der Waals surface area contributed by atoms with Gasteiger partial charge in [-0.05, 0) is 47.4 Å². The van der Waals surface area contributed by atoms with E-state index in [0.29, 0.717) is 12.8 Å². The molecule has 3 rings (SSSR count).